The summed E-state index contributed by atoms with van der Waals surface area (Å²) in [5.74, 6) is 0. The van der Waals surface area contributed by atoms with Crippen molar-refractivity contribution in [1.82, 2.24) is 4.57 Å². The third kappa shape index (κ3) is 1.96. The molecule has 0 unspecified atom stereocenters. The molecule has 104 valence electrons. The summed E-state index contributed by atoms with van der Waals surface area (Å²) in [5, 5.41) is 0. The Bertz CT molecular complexity index is 498. The van der Waals surface area contributed by atoms with Gasteiger partial charge in [-0.25, -0.2) is 0 Å². The monoisotopic (exact) mass is 261 g/mol. The highest BCUT2D eigenvalue weighted by atomic mass is 16.7. The highest BCUT2D eigenvalue weighted by Crippen LogP contribution is 2.39. The molecule has 2 heterocycles. The molecule has 1 saturated carbocycles. The lowest BCUT2D eigenvalue weighted by atomic mass is 9.79. The minimum atomic E-state index is -0.264. The maximum absolute atomic E-state index is 6.16. The third-order valence-corrected chi connectivity index (χ3v) is 4.94. The molecule has 1 aliphatic heterocycles. The van der Waals surface area contributed by atoms with Crippen LogP contribution in [0.4, 0.5) is 0 Å². The normalized spacial score (nSPS) is 25.1. The number of hydrogen-bond acceptors (Lipinski definition) is 2. The molecule has 2 aliphatic rings. The van der Waals surface area contributed by atoms with Gasteiger partial charge in [-0.1, -0.05) is 0 Å². The minimum Gasteiger partial charge on any atom is -0.399 e. The van der Waals surface area contributed by atoms with E-state index >= 15 is 0 Å². The molecule has 3 nitrogen and oxygen atoms in total. The average Bonchev–Trinajstić information content (AvgIpc) is 3.00. The van der Waals surface area contributed by atoms with Gasteiger partial charge in [-0.15, -0.1) is 0 Å². The van der Waals surface area contributed by atoms with Crippen molar-refractivity contribution in [3.8, 4) is 0 Å². The van der Waals surface area contributed by atoms with E-state index in [0.717, 1.165) is 0 Å². The number of nitrogens with zero attached hydrogens (tertiary/aromatic N) is 1. The van der Waals surface area contributed by atoms with Crippen LogP contribution >= 0.6 is 0 Å². The first-order valence-corrected chi connectivity index (χ1v) is 7.27. The van der Waals surface area contributed by atoms with Crippen LogP contribution in [0.2, 0.25) is 0 Å². The van der Waals surface area contributed by atoms with E-state index in [-0.39, 0.29) is 18.3 Å². The summed E-state index contributed by atoms with van der Waals surface area (Å²) in [6.07, 6.45) is 2.61. The van der Waals surface area contributed by atoms with Crippen LogP contribution in [0.1, 0.15) is 58.0 Å². The molecule has 0 atom stereocenters. The SMILES string of the molecule is Cc1cc(B2OC(C)(C)C(C)(C)O2)c(C)n1C1CC1. The van der Waals surface area contributed by atoms with Crippen LogP contribution in [-0.2, 0) is 9.31 Å². The third-order valence-electron chi connectivity index (χ3n) is 4.94. The molecule has 0 radical (unpaired) electrons. The quantitative estimate of drug-likeness (QED) is 0.764. The Morgan fingerprint density at radius 2 is 1.63 bits per heavy atom. The molecular weight excluding hydrogens is 237 g/mol. The number of aryl methyl sites for hydroxylation is 1. The predicted octanol–water partition coefficient (Wildman–Crippen LogP) is 2.74. The van der Waals surface area contributed by atoms with Crippen molar-refractivity contribution in [2.24, 2.45) is 0 Å². The highest BCUT2D eigenvalue weighted by molar-refractivity contribution is 6.62. The minimum absolute atomic E-state index is 0.233. The Balaban J connectivity index is 1.94. The van der Waals surface area contributed by atoms with Gasteiger partial charge in [0.2, 0.25) is 0 Å². The topological polar surface area (TPSA) is 23.4 Å². The molecule has 2 fully saturated rings. The van der Waals surface area contributed by atoms with Gasteiger partial charge in [-0.2, -0.15) is 0 Å². The Morgan fingerprint density at radius 1 is 1.11 bits per heavy atom. The summed E-state index contributed by atoms with van der Waals surface area (Å²) in [6.45, 7) is 12.8. The van der Waals surface area contributed by atoms with Gasteiger partial charge in [0, 0.05) is 22.9 Å². The Hall–Kier alpha value is -0.735. The highest BCUT2D eigenvalue weighted by Gasteiger charge is 2.52. The summed E-state index contributed by atoms with van der Waals surface area (Å²) in [6, 6.07) is 2.94. The summed E-state index contributed by atoms with van der Waals surface area (Å²) in [7, 11) is -0.233. The largest absolute Gasteiger partial charge is 0.496 e. The van der Waals surface area contributed by atoms with Crippen LogP contribution in [0.15, 0.2) is 6.07 Å². The van der Waals surface area contributed by atoms with E-state index in [2.05, 4.69) is 52.2 Å². The molecule has 1 aromatic heterocycles. The van der Waals surface area contributed by atoms with Crippen molar-refractivity contribution in [3.63, 3.8) is 0 Å². The fraction of sp³-hybridized carbons (Fsp3) is 0.733. The summed E-state index contributed by atoms with van der Waals surface area (Å²) < 4.78 is 14.8. The van der Waals surface area contributed by atoms with Gasteiger partial charge in [0.05, 0.1) is 11.2 Å². The molecule has 1 aliphatic carbocycles. The van der Waals surface area contributed by atoms with Crippen LogP contribution in [-0.4, -0.2) is 22.9 Å². The maximum atomic E-state index is 6.16. The van der Waals surface area contributed by atoms with Crippen molar-refractivity contribution < 1.29 is 9.31 Å². The molecule has 0 N–H and O–H groups in total. The zero-order valence-electron chi connectivity index (χ0n) is 12.9. The second-order valence-electron chi connectivity index (χ2n) is 7.02. The Kier molecular flexibility index (Phi) is 2.71. The van der Waals surface area contributed by atoms with E-state index in [1.807, 2.05) is 0 Å². The molecule has 3 rings (SSSR count). The van der Waals surface area contributed by atoms with Crippen LogP contribution in [0, 0.1) is 13.8 Å². The zero-order valence-corrected chi connectivity index (χ0v) is 12.9. The van der Waals surface area contributed by atoms with Crippen molar-refractivity contribution in [3.05, 3.63) is 17.5 Å². The van der Waals surface area contributed by atoms with Gasteiger partial charge in [-0.3, -0.25) is 0 Å². The van der Waals surface area contributed by atoms with Crippen LogP contribution < -0.4 is 5.46 Å². The molecule has 19 heavy (non-hydrogen) atoms. The summed E-state index contributed by atoms with van der Waals surface area (Å²) >= 11 is 0. The molecule has 1 aromatic rings. The smallest absolute Gasteiger partial charge is 0.399 e. The van der Waals surface area contributed by atoms with Crippen LogP contribution in [0.5, 0.6) is 0 Å². The fourth-order valence-corrected chi connectivity index (χ4v) is 2.91. The van der Waals surface area contributed by atoms with Crippen molar-refractivity contribution >= 4 is 12.6 Å². The fourth-order valence-electron chi connectivity index (χ4n) is 2.91. The van der Waals surface area contributed by atoms with E-state index in [1.54, 1.807) is 0 Å². The van der Waals surface area contributed by atoms with E-state index in [9.17, 15) is 0 Å². The molecule has 0 aromatic carbocycles. The van der Waals surface area contributed by atoms with Gasteiger partial charge >= 0.3 is 7.12 Å². The molecular formula is C15H24BNO2. The molecule has 1 saturated heterocycles. The summed E-state index contributed by atoms with van der Waals surface area (Å²) in [5.41, 5.74) is 3.30. The molecule has 0 spiro atoms. The van der Waals surface area contributed by atoms with Crippen molar-refractivity contribution in [2.75, 3.05) is 0 Å². The molecule has 0 bridgehead atoms. The van der Waals surface area contributed by atoms with E-state index < -0.39 is 0 Å². The first-order valence-electron chi connectivity index (χ1n) is 7.27. The van der Waals surface area contributed by atoms with Gasteiger partial charge in [0.1, 0.15) is 0 Å². The lowest BCUT2D eigenvalue weighted by Gasteiger charge is -2.32. The van der Waals surface area contributed by atoms with Gasteiger partial charge in [0.15, 0.2) is 0 Å². The molecule has 0 amide bonds. The number of hydrogen-bond donors (Lipinski definition) is 0. The Morgan fingerprint density at radius 3 is 2.11 bits per heavy atom. The number of aromatic nitrogens is 1. The van der Waals surface area contributed by atoms with E-state index in [0.29, 0.717) is 6.04 Å². The first kappa shape index (κ1) is 13.3. The van der Waals surface area contributed by atoms with Crippen molar-refractivity contribution in [1.29, 1.82) is 0 Å². The predicted molar refractivity (Wildman–Crippen MR) is 77.9 cm³/mol. The lowest BCUT2D eigenvalue weighted by molar-refractivity contribution is 0.00578. The first-order chi connectivity index (χ1) is 8.73. The zero-order chi connectivity index (χ0) is 14.0. The van der Waals surface area contributed by atoms with Crippen LogP contribution in [0.3, 0.4) is 0 Å². The van der Waals surface area contributed by atoms with E-state index in [1.165, 1.54) is 29.7 Å². The van der Waals surface area contributed by atoms with Gasteiger partial charge < -0.3 is 13.9 Å². The lowest BCUT2D eigenvalue weighted by Crippen LogP contribution is -2.41. The molecule has 4 heteroatoms. The average molecular weight is 261 g/mol. The summed E-state index contributed by atoms with van der Waals surface area (Å²) in [4.78, 5) is 0. The van der Waals surface area contributed by atoms with Crippen LogP contribution in [0.25, 0.3) is 0 Å². The maximum Gasteiger partial charge on any atom is 0.496 e. The second kappa shape index (κ2) is 3.89. The standard InChI is InChI=1S/C15H24BNO2/c1-10-9-13(11(2)17(10)12-7-8-12)16-18-14(3,4)15(5,6)19-16/h9,12H,7-8H2,1-6H3. The van der Waals surface area contributed by atoms with Gasteiger partial charge in [-0.05, 0) is 60.5 Å². The number of rotatable bonds is 2. The van der Waals surface area contributed by atoms with Crippen molar-refractivity contribution in [2.45, 2.75) is 71.6 Å². The van der Waals surface area contributed by atoms with Gasteiger partial charge in [0.25, 0.3) is 0 Å². The van der Waals surface area contributed by atoms with E-state index in [4.69, 9.17) is 9.31 Å². The second-order valence-corrected chi connectivity index (χ2v) is 7.02. The Labute approximate surface area is 116 Å².